The van der Waals surface area contributed by atoms with E-state index in [2.05, 4.69) is 13.8 Å². The van der Waals surface area contributed by atoms with Crippen LogP contribution in [0.15, 0.2) is 0 Å². The summed E-state index contributed by atoms with van der Waals surface area (Å²) in [5.41, 5.74) is -0.592. The van der Waals surface area contributed by atoms with Gasteiger partial charge in [0.05, 0.1) is 0 Å². The zero-order valence-corrected chi connectivity index (χ0v) is 10.2. The third-order valence-electron chi connectivity index (χ3n) is 4.15. The van der Waals surface area contributed by atoms with Crippen molar-refractivity contribution in [2.24, 2.45) is 11.3 Å². The maximum absolute atomic E-state index is 13.9. The lowest BCUT2D eigenvalue weighted by atomic mass is 9.73. The fraction of sp³-hybridized carbons (Fsp3) is 1.00. The van der Waals surface area contributed by atoms with E-state index in [1.807, 2.05) is 0 Å². The summed E-state index contributed by atoms with van der Waals surface area (Å²) in [6.45, 7) is 8.07. The summed E-state index contributed by atoms with van der Waals surface area (Å²) in [5, 5.41) is 0. The Labute approximate surface area is 88.3 Å². The Morgan fingerprint density at radius 2 is 2.00 bits per heavy atom. The highest BCUT2D eigenvalue weighted by Gasteiger charge is 2.36. The molecule has 2 unspecified atom stereocenters. The molecule has 1 fully saturated rings. The van der Waals surface area contributed by atoms with E-state index < -0.39 is 5.67 Å². The van der Waals surface area contributed by atoms with Crippen molar-refractivity contribution in [3.8, 4) is 0 Å². The van der Waals surface area contributed by atoms with Crippen LogP contribution in [0.25, 0.3) is 0 Å². The van der Waals surface area contributed by atoms with Gasteiger partial charge in [0.2, 0.25) is 0 Å². The van der Waals surface area contributed by atoms with Crippen molar-refractivity contribution < 1.29 is 4.39 Å². The van der Waals surface area contributed by atoms with E-state index in [-0.39, 0.29) is 5.92 Å². The average molecular weight is 200 g/mol. The van der Waals surface area contributed by atoms with Crippen LogP contribution < -0.4 is 0 Å². The van der Waals surface area contributed by atoms with Crippen molar-refractivity contribution in [1.29, 1.82) is 0 Å². The number of alkyl halides is 1. The second-order valence-electron chi connectivity index (χ2n) is 5.88. The number of hydrogen-bond acceptors (Lipinski definition) is 0. The smallest absolute Gasteiger partial charge is 0.108 e. The molecule has 14 heavy (non-hydrogen) atoms. The number of halogens is 1. The highest BCUT2D eigenvalue weighted by Crippen LogP contribution is 2.44. The Kier molecular flexibility index (Phi) is 3.60. The van der Waals surface area contributed by atoms with Crippen LogP contribution in [0, 0.1) is 11.3 Å². The second kappa shape index (κ2) is 4.20. The average Bonchev–Trinajstić information content (AvgIpc) is 2.27. The topological polar surface area (TPSA) is 0 Å². The molecule has 0 bridgehead atoms. The predicted molar refractivity (Wildman–Crippen MR) is 60.2 cm³/mol. The first kappa shape index (κ1) is 12.0. The highest BCUT2D eigenvalue weighted by molar-refractivity contribution is 4.87. The first-order chi connectivity index (χ1) is 6.37. The van der Waals surface area contributed by atoms with Gasteiger partial charge in [-0.3, -0.25) is 0 Å². The molecule has 1 rings (SSSR count). The molecule has 0 saturated heterocycles. The van der Waals surface area contributed by atoms with Gasteiger partial charge in [0, 0.05) is 0 Å². The van der Waals surface area contributed by atoms with E-state index >= 15 is 0 Å². The van der Waals surface area contributed by atoms with E-state index in [1.54, 1.807) is 13.8 Å². The first-order valence-electron chi connectivity index (χ1n) is 6.06. The van der Waals surface area contributed by atoms with Crippen molar-refractivity contribution in [3.63, 3.8) is 0 Å². The lowest BCUT2D eigenvalue weighted by molar-refractivity contribution is 0.0796. The molecule has 0 amide bonds. The van der Waals surface area contributed by atoms with Crippen LogP contribution in [0.5, 0.6) is 0 Å². The maximum Gasteiger partial charge on any atom is 0.108 e. The molecule has 0 radical (unpaired) electrons. The first-order valence-corrected chi connectivity index (χ1v) is 6.06. The minimum absolute atomic E-state index is 0.273. The monoisotopic (exact) mass is 200 g/mol. The summed E-state index contributed by atoms with van der Waals surface area (Å²) in [6, 6.07) is 0. The molecule has 0 aromatic rings. The van der Waals surface area contributed by atoms with Crippen molar-refractivity contribution in [2.75, 3.05) is 0 Å². The lowest BCUT2D eigenvalue weighted by Gasteiger charge is -2.34. The molecule has 0 heterocycles. The van der Waals surface area contributed by atoms with Crippen molar-refractivity contribution in [3.05, 3.63) is 0 Å². The standard InChI is InChI=1S/C13H25F/c1-5-13(4)9-7-6-8-11(10-13)12(2,3)14/h11H,5-10H2,1-4H3. The molecular weight excluding hydrogens is 175 g/mol. The van der Waals surface area contributed by atoms with Crippen LogP contribution in [0.2, 0.25) is 0 Å². The van der Waals surface area contributed by atoms with E-state index in [0.29, 0.717) is 5.41 Å². The Bertz CT molecular complexity index is 180. The van der Waals surface area contributed by atoms with Crippen LogP contribution in [0.4, 0.5) is 4.39 Å². The quantitative estimate of drug-likeness (QED) is 0.565. The summed E-state index contributed by atoms with van der Waals surface area (Å²) in [5.74, 6) is 0.273. The molecule has 0 nitrogen and oxygen atoms in total. The van der Waals surface area contributed by atoms with Crippen LogP contribution >= 0.6 is 0 Å². The largest absolute Gasteiger partial charge is 0.244 e. The van der Waals surface area contributed by atoms with Crippen molar-refractivity contribution in [1.82, 2.24) is 0 Å². The predicted octanol–water partition coefficient (Wildman–Crippen LogP) is 4.73. The van der Waals surface area contributed by atoms with Gasteiger partial charge in [-0.2, -0.15) is 0 Å². The third kappa shape index (κ3) is 2.96. The van der Waals surface area contributed by atoms with Gasteiger partial charge in [-0.05, 0) is 44.4 Å². The second-order valence-corrected chi connectivity index (χ2v) is 5.88. The molecular formula is C13H25F. The van der Waals surface area contributed by atoms with Gasteiger partial charge in [-0.1, -0.05) is 33.1 Å². The Balaban J connectivity index is 2.70. The minimum atomic E-state index is -0.985. The van der Waals surface area contributed by atoms with Gasteiger partial charge in [0.15, 0.2) is 0 Å². The van der Waals surface area contributed by atoms with E-state index in [9.17, 15) is 4.39 Å². The molecule has 84 valence electrons. The molecule has 0 aromatic heterocycles. The fourth-order valence-electron chi connectivity index (χ4n) is 2.65. The molecule has 1 aliphatic carbocycles. The maximum atomic E-state index is 13.9. The summed E-state index contributed by atoms with van der Waals surface area (Å²) in [4.78, 5) is 0. The van der Waals surface area contributed by atoms with Gasteiger partial charge in [-0.15, -0.1) is 0 Å². The molecule has 2 atom stereocenters. The molecule has 0 aromatic carbocycles. The minimum Gasteiger partial charge on any atom is -0.244 e. The summed E-state index contributed by atoms with van der Waals surface area (Å²) in [7, 11) is 0. The van der Waals surface area contributed by atoms with Crippen LogP contribution in [0.3, 0.4) is 0 Å². The van der Waals surface area contributed by atoms with Crippen LogP contribution in [-0.2, 0) is 0 Å². The molecule has 1 heteroatoms. The zero-order valence-electron chi connectivity index (χ0n) is 10.2. The van der Waals surface area contributed by atoms with Crippen LogP contribution in [0.1, 0.15) is 66.2 Å². The van der Waals surface area contributed by atoms with Gasteiger partial charge in [0.25, 0.3) is 0 Å². The van der Waals surface area contributed by atoms with Crippen LogP contribution in [-0.4, -0.2) is 5.67 Å². The van der Waals surface area contributed by atoms with Gasteiger partial charge in [-0.25, -0.2) is 4.39 Å². The number of rotatable bonds is 2. The zero-order chi connectivity index (χ0) is 10.8. The van der Waals surface area contributed by atoms with E-state index in [4.69, 9.17) is 0 Å². The Hall–Kier alpha value is -0.0700. The van der Waals surface area contributed by atoms with E-state index in [1.165, 1.54) is 25.7 Å². The Morgan fingerprint density at radius 3 is 2.50 bits per heavy atom. The Morgan fingerprint density at radius 1 is 1.36 bits per heavy atom. The summed E-state index contributed by atoms with van der Waals surface area (Å²) >= 11 is 0. The van der Waals surface area contributed by atoms with Crippen molar-refractivity contribution >= 4 is 0 Å². The highest BCUT2D eigenvalue weighted by atomic mass is 19.1. The lowest BCUT2D eigenvalue weighted by Crippen LogP contribution is -2.30. The number of hydrogen-bond donors (Lipinski definition) is 0. The summed E-state index contributed by atoms with van der Waals surface area (Å²) < 4.78 is 13.9. The molecule has 1 saturated carbocycles. The van der Waals surface area contributed by atoms with Gasteiger partial charge in [0.1, 0.15) is 5.67 Å². The molecule has 0 N–H and O–H groups in total. The fourth-order valence-corrected chi connectivity index (χ4v) is 2.65. The van der Waals surface area contributed by atoms with Gasteiger partial charge >= 0.3 is 0 Å². The molecule has 0 spiro atoms. The normalized spacial score (nSPS) is 35.4. The third-order valence-corrected chi connectivity index (χ3v) is 4.15. The molecule has 0 aliphatic heterocycles. The van der Waals surface area contributed by atoms with Gasteiger partial charge < -0.3 is 0 Å². The SMILES string of the molecule is CCC1(C)CCCCC(C(C)(C)F)C1. The van der Waals surface area contributed by atoms with Crippen molar-refractivity contribution in [2.45, 2.75) is 71.9 Å². The summed E-state index contributed by atoms with van der Waals surface area (Å²) in [6.07, 6.45) is 7.15. The molecule has 1 aliphatic rings. The van der Waals surface area contributed by atoms with E-state index in [0.717, 1.165) is 12.8 Å².